The van der Waals surface area contributed by atoms with Gasteiger partial charge in [0, 0.05) is 72.4 Å². The van der Waals surface area contributed by atoms with Gasteiger partial charge in [-0.3, -0.25) is 32.6 Å². The van der Waals surface area contributed by atoms with E-state index in [-0.39, 0.29) is 41.5 Å². The van der Waals surface area contributed by atoms with Crippen molar-refractivity contribution in [3.63, 3.8) is 0 Å². The van der Waals surface area contributed by atoms with Crippen LogP contribution in [-0.4, -0.2) is 117 Å². The highest BCUT2D eigenvalue weighted by Gasteiger charge is 2.50. The largest absolute Gasteiger partial charge is 0.481 e. The third-order valence-corrected chi connectivity index (χ3v) is 18.2. The topological polar surface area (TPSA) is 319 Å². The standard InChI is InChI=1S/C55H66N4O16S4/c1-7-9-27-59-43-20-17-37-16-18-38(77(67,68)69)30-41(37)49(43)53(3,4)47(59)23-15-36-29-35(33-55(34-36,52(63)57-25-28-76(64,65)66)51(62)56-24-12-10-11-13-48(60)61)14-22-46-54(5,6)50-42-31-39(78(70,71)72)32-45(79(73,74)75)40(42)19-21-44(50)58(46)26-8-2/h14-23,29-32H,7-13,24-28,33-34H2,1-6H3,(H6-,56,57,60,61,62,63,64,65,66,67,68,69,70,71,72,73,74,75)/p+1. The van der Waals surface area contributed by atoms with Crippen molar-refractivity contribution in [2.75, 3.05) is 36.8 Å². The van der Waals surface area contributed by atoms with E-state index in [1.165, 1.54) is 18.2 Å². The number of aliphatic carboxylic acids is 1. The fourth-order valence-electron chi connectivity index (χ4n) is 11.3. The lowest BCUT2D eigenvalue weighted by Gasteiger charge is -2.35. The molecule has 426 valence electrons. The second-order valence-corrected chi connectivity index (χ2v) is 27.1. The Morgan fingerprint density at radius 1 is 0.671 bits per heavy atom. The number of carbonyl (C=O) groups excluding carboxylic acids is 2. The third-order valence-electron chi connectivity index (χ3n) is 14.9. The number of carboxylic acid groups (broad SMARTS) is 1. The second-order valence-electron chi connectivity index (χ2n) is 21.3. The normalized spacial score (nSPS) is 19.4. The number of fused-ring (bicyclic) bond motifs is 6. The van der Waals surface area contributed by atoms with Gasteiger partial charge in [0.2, 0.25) is 17.5 Å². The number of nitrogens with one attached hydrogen (secondary N) is 2. The molecule has 2 amide bonds. The van der Waals surface area contributed by atoms with Crippen LogP contribution in [0, 0.1) is 5.41 Å². The number of benzene rings is 4. The Hall–Kier alpha value is -6.12. The zero-order valence-corrected chi connectivity index (χ0v) is 48.0. The fraction of sp³-hybridized carbons (Fsp3) is 0.418. The van der Waals surface area contributed by atoms with Crippen LogP contribution in [0.5, 0.6) is 0 Å². The van der Waals surface area contributed by atoms with Gasteiger partial charge in [0.25, 0.3) is 40.5 Å². The third kappa shape index (κ3) is 12.8. The van der Waals surface area contributed by atoms with Crippen LogP contribution in [0.1, 0.15) is 110 Å². The molecule has 0 saturated heterocycles. The molecule has 0 fully saturated rings. The molecule has 1 atom stereocenters. The van der Waals surface area contributed by atoms with Crippen LogP contribution in [0.4, 0.5) is 11.4 Å². The molecule has 1 aliphatic carbocycles. The number of anilines is 1. The molecule has 0 radical (unpaired) electrons. The van der Waals surface area contributed by atoms with Gasteiger partial charge < -0.3 is 20.6 Å². The van der Waals surface area contributed by atoms with Crippen LogP contribution >= 0.6 is 0 Å². The molecule has 0 saturated carbocycles. The molecule has 2 heterocycles. The molecule has 4 aromatic carbocycles. The number of rotatable bonds is 22. The quantitative estimate of drug-likeness (QED) is 0.0170. The Labute approximate surface area is 461 Å². The van der Waals surface area contributed by atoms with E-state index >= 15 is 0 Å². The molecule has 4 aromatic rings. The van der Waals surface area contributed by atoms with Gasteiger partial charge in [-0.05, 0) is 121 Å². The van der Waals surface area contributed by atoms with Gasteiger partial charge in [-0.1, -0.05) is 70.9 Å². The van der Waals surface area contributed by atoms with E-state index < -0.39 is 96.6 Å². The van der Waals surface area contributed by atoms with E-state index in [0.717, 1.165) is 41.2 Å². The first-order valence-electron chi connectivity index (χ1n) is 25.8. The highest BCUT2D eigenvalue weighted by Crippen LogP contribution is 2.52. The van der Waals surface area contributed by atoms with E-state index in [4.69, 9.17) is 0 Å². The number of unbranched alkanes of at least 4 members (excludes halogenated alkanes) is 3. The van der Waals surface area contributed by atoms with Crippen LogP contribution in [0.3, 0.4) is 0 Å². The van der Waals surface area contributed by atoms with Gasteiger partial charge in [0.05, 0.1) is 21.0 Å². The Morgan fingerprint density at radius 2 is 1.33 bits per heavy atom. The number of hydrogen-bond acceptors (Lipinski definition) is 12. The molecule has 3 aliphatic rings. The van der Waals surface area contributed by atoms with Crippen LogP contribution in [0.15, 0.2) is 117 Å². The first kappa shape index (κ1) is 60.5. The number of amides is 2. The highest BCUT2D eigenvalue weighted by molar-refractivity contribution is 7.87. The second kappa shape index (κ2) is 22.8. The van der Waals surface area contributed by atoms with E-state index in [9.17, 15) is 71.4 Å². The van der Waals surface area contributed by atoms with Gasteiger partial charge in [-0.15, -0.1) is 0 Å². The Bertz CT molecular complexity index is 3800. The number of carboxylic acids is 1. The van der Waals surface area contributed by atoms with Crippen molar-refractivity contribution in [1.82, 2.24) is 10.6 Å². The minimum atomic E-state index is -5.03. The molecule has 20 nitrogen and oxygen atoms in total. The van der Waals surface area contributed by atoms with Crippen molar-refractivity contribution < 1.29 is 75.9 Å². The summed E-state index contributed by atoms with van der Waals surface area (Å²) >= 11 is 0. The van der Waals surface area contributed by atoms with Gasteiger partial charge in [-0.2, -0.15) is 38.2 Å². The summed E-state index contributed by atoms with van der Waals surface area (Å²) < 4.78 is 141. The van der Waals surface area contributed by atoms with Crippen molar-refractivity contribution in [1.29, 1.82) is 0 Å². The average Bonchev–Trinajstić information content (AvgIpc) is 3.54. The van der Waals surface area contributed by atoms with Crippen molar-refractivity contribution >= 4 is 96.9 Å². The zero-order valence-electron chi connectivity index (χ0n) is 44.7. The minimum Gasteiger partial charge on any atom is -0.481 e. The summed E-state index contributed by atoms with van der Waals surface area (Å²) in [6, 6.07) is 13.2. The Kier molecular flexibility index (Phi) is 17.5. The van der Waals surface area contributed by atoms with Gasteiger partial charge in [-0.25, -0.2) is 0 Å². The maximum Gasteiger partial charge on any atom is 0.303 e. The molecule has 7 rings (SSSR count). The maximum atomic E-state index is 14.9. The van der Waals surface area contributed by atoms with Crippen molar-refractivity contribution in [2.24, 2.45) is 5.41 Å². The first-order valence-corrected chi connectivity index (χ1v) is 31.8. The van der Waals surface area contributed by atoms with Crippen molar-refractivity contribution in [3.05, 3.63) is 113 Å². The molecule has 79 heavy (non-hydrogen) atoms. The molecule has 1 unspecified atom stereocenters. The van der Waals surface area contributed by atoms with Gasteiger partial charge in [0.15, 0.2) is 5.71 Å². The first-order chi connectivity index (χ1) is 36.8. The van der Waals surface area contributed by atoms with Crippen LogP contribution < -0.4 is 15.5 Å². The molecule has 0 bridgehead atoms. The zero-order chi connectivity index (χ0) is 58.3. The lowest BCUT2D eigenvalue weighted by molar-refractivity contribution is -0.437. The lowest BCUT2D eigenvalue weighted by atomic mass is 9.70. The van der Waals surface area contributed by atoms with Crippen LogP contribution in [0.2, 0.25) is 0 Å². The molecule has 2 aliphatic heterocycles. The monoisotopic (exact) mass is 1170 g/mol. The Balaban J connectivity index is 1.42. The molecule has 0 aromatic heterocycles. The summed E-state index contributed by atoms with van der Waals surface area (Å²) in [4.78, 5) is 41.3. The van der Waals surface area contributed by atoms with E-state index in [2.05, 4.69) is 15.5 Å². The maximum absolute atomic E-state index is 14.9. The number of carbonyl (C=O) groups is 3. The van der Waals surface area contributed by atoms with Crippen LogP contribution in [-0.2, 0) is 65.7 Å². The van der Waals surface area contributed by atoms with Crippen molar-refractivity contribution in [2.45, 2.75) is 125 Å². The summed E-state index contributed by atoms with van der Waals surface area (Å²) in [5.41, 5.74) is 1.16. The molecule has 24 heteroatoms. The summed E-state index contributed by atoms with van der Waals surface area (Å²) in [5.74, 6) is -3.38. The predicted octanol–water partition coefficient (Wildman–Crippen LogP) is 7.96. The van der Waals surface area contributed by atoms with E-state index in [1.807, 2.05) is 70.4 Å². The summed E-state index contributed by atoms with van der Waals surface area (Å²) in [7, 11) is -19.1. The summed E-state index contributed by atoms with van der Waals surface area (Å²) in [6.45, 7) is 12.1. The fourth-order valence-corrected chi connectivity index (χ4v) is 13.5. The van der Waals surface area contributed by atoms with Gasteiger partial charge in [0.1, 0.15) is 16.9 Å². The lowest BCUT2D eigenvalue weighted by Crippen LogP contribution is -2.53. The minimum absolute atomic E-state index is 0.00202. The Morgan fingerprint density at radius 3 is 1.95 bits per heavy atom. The summed E-state index contributed by atoms with van der Waals surface area (Å²) in [6.07, 6.45) is 11.8. The predicted molar refractivity (Wildman–Crippen MR) is 299 cm³/mol. The molecule has 7 N–H and O–H groups in total. The average molecular weight is 1170 g/mol. The van der Waals surface area contributed by atoms with Crippen molar-refractivity contribution in [3.8, 4) is 0 Å². The summed E-state index contributed by atoms with van der Waals surface area (Å²) in [5, 5.41) is 16.1. The van der Waals surface area contributed by atoms with Gasteiger partial charge >= 0.3 is 5.97 Å². The number of nitrogens with zero attached hydrogens (tertiary/aromatic N) is 2. The van der Waals surface area contributed by atoms with E-state index in [0.29, 0.717) is 78.3 Å². The number of allylic oxidation sites excluding steroid dienone is 8. The van der Waals surface area contributed by atoms with Crippen LogP contribution in [0.25, 0.3) is 21.5 Å². The van der Waals surface area contributed by atoms with E-state index in [1.54, 1.807) is 30.4 Å². The smallest absolute Gasteiger partial charge is 0.303 e. The highest BCUT2D eigenvalue weighted by atomic mass is 32.2. The number of hydrogen-bond donors (Lipinski definition) is 7. The molecular formula is C55H67N4O16S4+. The SMILES string of the molecule is CCCCN1C(=CC=C2C=C(C=CC3=[N+](CCC)c4ccc5c(S(=O)(=O)O)cc(S(=O)(=O)O)cc5c4C3(C)C)CC(C(=O)NCCCCCC(=O)O)(C(=O)NCCS(=O)(=O)O)C2)C(C)(C)c2c1ccc1ccc(S(=O)(=O)O)cc21. The molecule has 0 spiro atoms. The molecular weight excluding hydrogens is 1100 g/mol.